The van der Waals surface area contributed by atoms with Crippen molar-refractivity contribution in [1.29, 1.82) is 0 Å². The van der Waals surface area contributed by atoms with Gasteiger partial charge in [0.15, 0.2) is 0 Å². The Hall–Kier alpha value is -2.17. The Morgan fingerprint density at radius 2 is 2.14 bits per heavy atom. The van der Waals surface area contributed by atoms with Gasteiger partial charge in [0, 0.05) is 5.39 Å². The standard InChI is InChI=1S/C9H6N2O3/c12-7-4-6(9(13)14)3-5-1-2-10-11-8(5)7/h1-4,12H,(H,13,14). The van der Waals surface area contributed by atoms with E-state index in [0.717, 1.165) is 6.07 Å². The molecule has 0 atom stereocenters. The summed E-state index contributed by atoms with van der Waals surface area (Å²) in [7, 11) is 0. The maximum atomic E-state index is 10.6. The lowest BCUT2D eigenvalue weighted by Gasteiger charge is -2.00. The molecule has 0 fully saturated rings. The fraction of sp³-hybridized carbons (Fsp3) is 0. The maximum absolute atomic E-state index is 10.6. The van der Waals surface area contributed by atoms with E-state index in [1.807, 2.05) is 0 Å². The molecular weight excluding hydrogens is 184 g/mol. The highest BCUT2D eigenvalue weighted by Crippen LogP contribution is 2.23. The number of carboxylic acid groups (broad SMARTS) is 1. The predicted octanol–water partition coefficient (Wildman–Crippen LogP) is 1.03. The Morgan fingerprint density at radius 3 is 2.86 bits per heavy atom. The number of aromatic nitrogens is 2. The van der Waals surface area contributed by atoms with Gasteiger partial charge in [0.2, 0.25) is 0 Å². The minimum Gasteiger partial charge on any atom is -0.506 e. The van der Waals surface area contributed by atoms with Crippen LogP contribution in [-0.2, 0) is 0 Å². The minimum atomic E-state index is -1.08. The van der Waals surface area contributed by atoms with E-state index in [1.165, 1.54) is 12.3 Å². The van der Waals surface area contributed by atoms with Gasteiger partial charge in [0.1, 0.15) is 11.3 Å². The number of nitrogens with zero attached hydrogens (tertiary/aromatic N) is 2. The van der Waals surface area contributed by atoms with Crippen LogP contribution in [0, 0.1) is 0 Å². The number of hydrogen-bond acceptors (Lipinski definition) is 4. The molecule has 0 spiro atoms. The first-order valence-corrected chi connectivity index (χ1v) is 3.86. The molecule has 0 saturated carbocycles. The lowest BCUT2D eigenvalue weighted by atomic mass is 10.1. The molecule has 5 nitrogen and oxygen atoms in total. The second-order valence-corrected chi connectivity index (χ2v) is 2.77. The quantitative estimate of drug-likeness (QED) is 0.701. The molecule has 14 heavy (non-hydrogen) atoms. The molecule has 0 unspecified atom stereocenters. The van der Waals surface area contributed by atoms with Gasteiger partial charge in [-0.15, -0.1) is 5.10 Å². The summed E-state index contributed by atoms with van der Waals surface area (Å²) in [6, 6.07) is 4.18. The number of phenols is 1. The lowest BCUT2D eigenvalue weighted by molar-refractivity contribution is 0.0696. The summed E-state index contributed by atoms with van der Waals surface area (Å²) in [5.41, 5.74) is 0.334. The van der Waals surface area contributed by atoms with E-state index in [-0.39, 0.29) is 11.3 Å². The van der Waals surface area contributed by atoms with Crippen LogP contribution in [0.4, 0.5) is 0 Å². The average Bonchev–Trinajstić information content (AvgIpc) is 2.17. The van der Waals surface area contributed by atoms with E-state index in [9.17, 15) is 9.90 Å². The first-order valence-electron chi connectivity index (χ1n) is 3.86. The number of phenolic OH excluding ortho intramolecular Hbond substituents is 1. The van der Waals surface area contributed by atoms with Crippen LogP contribution >= 0.6 is 0 Å². The highest BCUT2D eigenvalue weighted by atomic mass is 16.4. The van der Waals surface area contributed by atoms with Crippen molar-refractivity contribution in [3.63, 3.8) is 0 Å². The molecule has 70 valence electrons. The lowest BCUT2D eigenvalue weighted by Crippen LogP contribution is -1.96. The van der Waals surface area contributed by atoms with E-state index in [4.69, 9.17) is 5.11 Å². The molecule has 0 amide bonds. The number of rotatable bonds is 1. The molecule has 1 aromatic heterocycles. The number of aromatic hydroxyl groups is 1. The van der Waals surface area contributed by atoms with E-state index in [1.54, 1.807) is 6.07 Å². The molecule has 2 aromatic rings. The molecule has 0 bridgehead atoms. The van der Waals surface area contributed by atoms with Gasteiger partial charge in [-0.1, -0.05) is 0 Å². The van der Waals surface area contributed by atoms with Gasteiger partial charge in [-0.05, 0) is 18.2 Å². The molecule has 0 aliphatic heterocycles. The summed E-state index contributed by atoms with van der Waals surface area (Å²) in [4.78, 5) is 10.6. The summed E-state index contributed by atoms with van der Waals surface area (Å²) in [5.74, 6) is -1.26. The second kappa shape index (κ2) is 2.95. The van der Waals surface area contributed by atoms with Gasteiger partial charge in [-0.2, -0.15) is 5.10 Å². The molecule has 2 N–H and O–H groups in total. The minimum absolute atomic E-state index is 0.0306. The van der Waals surface area contributed by atoms with Gasteiger partial charge >= 0.3 is 5.97 Å². The van der Waals surface area contributed by atoms with Gasteiger partial charge < -0.3 is 10.2 Å². The number of carboxylic acids is 1. The zero-order chi connectivity index (χ0) is 10.1. The molecule has 1 heterocycles. The molecule has 0 aliphatic carbocycles. The van der Waals surface area contributed by atoms with Crippen LogP contribution in [-0.4, -0.2) is 26.4 Å². The summed E-state index contributed by atoms with van der Waals surface area (Å²) in [6.45, 7) is 0. The Kier molecular flexibility index (Phi) is 1.78. The smallest absolute Gasteiger partial charge is 0.335 e. The third-order valence-electron chi connectivity index (χ3n) is 1.84. The van der Waals surface area contributed by atoms with Gasteiger partial charge in [0.05, 0.1) is 11.8 Å². The SMILES string of the molecule is O=C(O)c1cc(O)c2nnccc2c1. The van der Waals surface area contributed by atoms with Crippen LogP contribution in [0.3, 0.4) is 0 Å². The molecule has 0 aliphatic rings. The average molecular weight is 190 g/mol. The topological polar surface area (TPSA) is 83.3 Å². The third-order valence-corrected chi connectivity index (χ3v) is 1.84. The second-order valence-electron chi connectivity index (χ2n) is 2.77. The number of carbonyl (C=O) groups is 1. The highest BCUT2D eigenvalue weighted by Gasteiger charge is 2.08. The van der Waals surface area contributed by atoms with Crippen molar-refractivity contribution < 1.29 is 15.0 Å². The normalized spacial score (nSPS) is 10.3. The molecule has 0 radical (unpaired) electrons. The number of fused-ring (bicyclic) bond motifs is 1. The van der Waals surface area contributed by atoms with Crippen molar-refractivity contribution in [2.75, 3.05) is 0 Å². The van der Waals surface area contributed by atoms with Crippen molar-refractivity contribution in [3.8, 4) is 5.75 Å². The monoisotopic (exact) mass is 190 g/mol. The fourth-order valence-electron chi connectivity index (χ4n) is 1.21. The van der Waals surface area contributed by atoms with Crippen molar-refractivity contribution in [2.24, 2.45) is 0 Å². The number of hydrogen-bond donors (Lipinski definition) is 2. The third kappa shape index (κ3) is 1.24. The van der Waals surface area contributed by atoms with Crippen LogP contribution in [0.15, 0.2) is 24.4 Å². The first-order chi connectivity index (χ1) is 6.68. The van der Waals surface area contributed by atoms with Crippen molar-refractivity contribution in [2.45, 2.75) is 0 Å². The van der Waals surface area contributed by atoms with Crippen molar-refractivity contribution in [1.82, 2.24) is 10.2 Å². The Bertz CT molecular complexity index is 510. The van der Waals surface area contributed by atoms with Crippen molar-refractivity contribution >= 4 is 16.9 Å². The number of aromatic carboxylic acids is 1. The summed E-state index contributed by atoms with van der Waals surface area (Å²) in [5, 5.41) is 26.0. The maximum Gasteiger partial charge on any atom is 0.335 e. The fourth-order valence-corrected chi connectivity index (χ4v) is 1.21. The highest BCUT2D eigenvalue weighted by molar-refractivity contribution is 5.95. The van der Waals surface area contributed by atoms with Crippen LogP contribution in [0.25, 0.3) is 10.9 Å². The Morgan fingerprint density at radius 1 is 1.36 bits per heavy atom. The van der Waals surface area contributed by atoms with E-state index >= 15 is 0 Å². The van der Waals surface area contributed by atoms with Crippen LogP contribution in [0.5, 0.6) is 5.75 Å². The summed E-state index contributed by atoms with van der Waals surface area (Å²) in [6.07, 6.45) is 1.44. The van der Waals surface area contributed by atoms with Crippen LogP contribution in [0.1, 0.15) is 10.4 Å². The van der Waals surface area contributed by atoms with E-state index in [0.29, 0.717) is 10.9 Å². The van der Waals surface area contributed by atoms with E-state index in [2.05, 4.69) is 10.2 Å². The molecule has 1 aromatic carbocycles. The molecular formula is C9H6N2O3. The zero-order valence-corrected chi connectivity index (χ0v) is 7.01. The Labute approximate surface area is 78.6 Å². The summed E-state index contributed by atoms with van der Waals surface area (Å²) >= 11 is 0. The van der Waals surface area contributed by atoms with Crippen LogP contribution < -0.4 is 0 Å². The largest absolute Gasteiger partial charge is 0.506 e. The van der Waals surface area contributed by atoms with E-state index < -0.39 is 5.97 Å². The summed E-state index contributed by atoms with van der Waals surface area (Å²) < 4.78 is 0. The predicted molar refractivity (Wildman–Crippen MR) is 48.2 cm³/mol. The number of benzene rings is 1. The molecule has 2 rings (SSSR count). The van der Waals surface area contributed by atoms with Gasteiger partial charge in [0.25, 0.3) is 0 Å². The van der Waals surface area contributed by atoms with Gasteiger partial charge in [-0.25, -0.2) is 4.79 Å². The first kappa shape index (κ1) is 8.43. The van der Waals surface area contributed by atoms with Gasteiger partial charge in [-0.3, -0.25) is 0 Å². The zero-order valence-electron chi connectivity index (χ0n) is 7.01. The molecule has 5 heteroatoms. The Balaban J connectivity index is 2.78. The van der Waals surface area contributed by atoms with Crippen LogP contribution in [0.2, 0.25) is 0 Å². The molecule has 0 saturated heterocycles. The van der Waals surface area contributed by atoms with Crippen molar-refractivity contribution in [3.05, 3.63) is 30.0 Å².